The predicted octanol–water partition coefficient (Wildman–Crippen LogP) is 1.24. The lowest BCUT2D eigenvalue weighted by atomic mass is 10.5. The van der Waals surface area contributed by atoms with Gasteiger partial charge in [0.15, 0.2) is 0 Å². The second-order valence-corrected chi connectivity index (χ2v) is 4.05. The van der Waals surface area contributed by atoms with E-state index in [0.717, 1.165) is 0 Å². The van der Waals surface area contributed by atoms with Gasteiger partial charge in [-0.1, -0.05) is 0 Å². The lowest BCUT2D eigenvalue weighted by Crippen LogP contribution is -1.98. The van der Waals surface area contributed by atoms with Gasteiger partial charge in [-0.05, 0) is 13.3 Å². The van der Waals surface area contributed by atoms with E-state index in [1.807, 2.05) is 6.92 Å². The maximum Gasteiger partial charge on any atom is 0.325 e. The van der Waals surface area contributed by atoms with Gasteiger partial charge >= 0.3 is 7.60 Å². The summed E-state index contributed by atoms with van der Waals surface area (Å²) in [6.07, 6.45) is 0.659. The van der Waals surface area contributed by atoms with Crippen LogP contribution in [0, 0.1) is 0 Å². The van der Waals surface area contributed by atoms with Gasteiger partial charge in [0.2, 0.25) is 0 Å². The molecule has 1 atom stereocenters. The number of rotatable bonds is 6. The van der Waals surface area contributed by atoms with E-state index in [2.05, 4.69) is 4.52 Å². The predicted molar refractivity (Wildman–Crippen MR) is 42.8 cm³/mol. The van der Waals surface area contributed by atoms with Crippen molar-refractivity contribution in [1.29, 1.82) is 0 Å². The first-order valence-corrected chi connectivity index (χ1v) is 5.61. The SMILES string of the molecule is CCOCCCOP(C)(=O)O. The van der Waals surface area contributed by atoms with Crippen LogP contribution in [0.3, 0.4) is 0 Å². The molecule has 1 unspecified atom stereocenters. The fraction of sp³-hybridized carbons (Fsp3) is 1.00. The smallest absolute Gasteiger partial charge is 0.325 e. The quantitative estimate of drug-likeness (QED) is 0.496. The summed E-state index contributed by atoms with van der Waals surface area (Å²) in [7, 11) is -3.27. The molecular formula is C6H15O4P. The highest BCUT2D eigenvalue weighted by atomic mass is 31.2. The topological polar surface area (TPSA) is 55.8 Å². The standard InChI is InChI=1S/C6H15O4P/c1-3-9-5-4-6-10-11(2,7)8/h3-6H2,1-2H3,(H,7,8). The molecule has 0 aliphatic heterocycles. The zero-order chi connectivity index (χ0) is 8.74. The first kappa shape index (κ1) is 11.1. The van der Waals surface area contributed by atoms with Crippen molar-refractivity contribution >= 4 is 7.60 Å². The molecular weight excluding hydrogens is 167 g/mol. The van der Waals surface area contributed by atoms with Gasteiger partial charge in [-0.3, -0.25) is 4.57 Å². The van der Waals surface area contributed by atoms with Gasteiger partial charge in [-0.2, -0.15) is 0 Å². The van der Waals surface area contributed by atoms with Crippen molar-refractivity contribution in [1.82, 2.24) is 0 Å². The molecule has 4 nitrogen and oxygen atoms in total. The second-order valence-electron chi connectivity index (χ2n) is 2.19. The van der Waals surface area contributed by atoms with Gasteiger partial charge in [-0.15, -0.1) is 0 Å². The fourth-order valence-corrected chi connectivity index (χ4v) is 1.01. The molecule has 0 radical (unpaired) electrons. The van der Waals surface area contributed by atoms with Crippen LogP contribution < -0.4 is 0 Å². The van der Waals surface area contributed by atoms with E-state index < -0.39 is 7.60 Å². The van der Waals surface area contributed by atoms with Crippen LogP contribution in [-0.2, 0) is 13.8 Å². The molecule has 0 rings (SSSR count). The fourth-order valence-electron chi connectivity index (χ4n) is 0.539. The van der Waals surface area contributed by atoms with Crippen LogP contribution >= 0.6 is 7.60 Å². The molecule has 0 amide bonds. The molecule has 0 saturated carbocycles. The molecule has 0 aliphatic carbocycles. The molecule has 0 fully saturated rings. The summed E-state index contributed by atoms with van der Waals surface area (Å²) in [6.45, 7) is 4.61. The van der Waals surface area contributed by atoms with Crippen LogP contribution in [0.5, 0.6) is 0 Å². The highest BCUT2D eigenvalue weighted by Gasteiger charge is 2.08. The highest BCUT2D eigenvalue weighted by Crippen LogP contribution is 2.36. The molecule has 0 aromatic carbocycles. The lowest BCUT2D eigenvalue weighted by molar-refractivity contribution is 0.128. The third kappa shape index (κ3) is 10.1. The van der Waals surface area contributed by atoms with Crippen LogP contribution in [0.4, 0.5) is 0 Å². The van der Waals surface area contributed by atoms with E-state index in [4.69, 9.17) is 9.63 Å². The van der Waals surface area contributed by atoms with Crippen LogP contribution in [0.1, 0.15) is 13.3 Å². The molecule has 0 heterocycles. The number of hydrogen-bond donors (Lipinski definition) is 1. The van der Waals surface area contributed by atoms with Gasteiger partial charge < -0.3 is 14.2 Å². The highest BCUT2D eigenvalue weighted by molar-refractivity contribution is 7.51. The molecule has 0 saturated heterocycles. The Morgan fingerprint density at radius 2 is 2.09 bits per heavy atom. The Balaban J connectivity index is 3.09. The van der Waals surface area contributed by atoms with Gasteiger partial charge in [0, 0.05) is 19.9 Å². The first-order valence-electron chi connectivity index (χ1n) is 3.59. The van der Waals surface area contributed by atoms with E-state index in [1.165, 1.54) is 6.66 Å². The molecule has 0 aromatic rings. The minimum atomic E-state index is -3.27. The molecule has 0 bridgehead atoms. The summed E-state index contributed by atoms with van der Waals surface area (Å²) in [5.74, 6) is 0. The van der Waals surface area contributed by atoms with E-state index in [9.17, 15) is 4.57 Å². The summed E-state index contributed by atoms with van der Waals surface area (Å²) in [5.41, 5.74) is 0. The summed E-state index contributed by atoms with van der Waals surface area (Å²) >= 11 is 0. The number of hydrogen-bond acceptors (Lipinski definition) is 3. The summed E-state index contributed by atoms with van der Waals surface area (Å²) in [5, 5.41) is 0. The summed E-state index contributed by atoms with van der Waals surface area (Å²) in [4.78, 5) is 8.67. The monoisotopic (exact) mass is 182 g/mol. The zero-order valence-corrected chi connectivity index (χ0v) is 7.84. The Morgan fingerprint density at radius 1 is 1.45 bits per heavy atom. The van der Waals surface area contributed by atoms with E-state index >= 15 is 0 Å². The van der Waals surface area contributed by atoms with Crippen molar-refractivity contribution in [3.63, 3.8) is 0 Å². The van der Waals surface area contributed by atoms with Crippen molar-refractivity contribution < 1.29 is 18.7 Å². The third-order valence-corrected chi connectivity index (χ3v) is 1.63. The molecule has 68 valence electrons. The molecule has 1 N–H and O–H groups in total. The van der Waals surface area contributed by atoms with Gasteiger partial charge in [0.05, 0.1) is 6.61 Å². The van der Waals surface area contributed by atoms with Crippen molar-refractivity contribution in [3.05, 3.63) is 0 Å². The maximum absolute atomic E-state index is 10.5. The van der Waals surface area contributed by atoms with Crippen LogP contribution in [0.25, 0.3) is 0 Å². The average molecular weight is 182 g/mol. The Kier molecular flexibility index (Phi) is 5.78. The van der Waals surface area contributed by atoms with Gasteiger partial charge in [0.25, 0.3) is 0 Å². The minimum Gasteiger partial charge on any atom is -0.382 e. The molecule has 11 heavy (non-hydrogen) atoms. The van der Waals surface area contributed by atoms with Crippen LogP contribution in [0.15, 0.2) is 0 Å². The van der Waals surface area contributed by atoms with Gasteiger partial charge in [-0.25, -0.2) is 0 Å². The summed E-state index contributed by atoms with van der Waals surface area (Å²) < 4.78 is 20.1. The molecule has 0 aromatic heterocycles. The minimum absolute atomic E-state index is 0.282. The Hall–Kier alpha value is 0.110. The molecule has 5 heteroatoms. The molecule has 0 spiro atoms. The van der Waals surface area contributed by atoms with Crippen LogP contribution in [-0.4, -0.2) is 31.4 Å². The van der Waals surface area contributed by atoms with Crippen molar-refractivity contribution in [2.45, 2.75) is 13.3 Å². The van der Waals surface area contributed by atoms with Crippen molar-refractivity contribution in [2.24, 2.45) is 0 Å². The van der Waals surface area contributed by atoms with Crippen molar-refractivity contribution in [3.8, 4) is 0 Å². The maximum atomic E-state index is 10.5. The Morgan fingerprint density at radius 3 is 2.55 bits per heavy atom. The van der Waals surface area contributed by atoms with E-state index in [1.54, 1.807) is 0 Å². The Bertz CT molecular complexity index is 131. The van der Waals surface area contributed by atoms with E-state index in [-0.39, 0.29) is 6.61 Å². The Labute approximate surface area is 67.0 Å². The van der Waals surface area contributed by atoms with Crippen LogP contribution in [0.2, 0.25) is 0 Å². The normalized spacial score (nSPS) is 16.3. The lowest BCUT2D eigenvalue weighted by Gasteiger charge is -2.05. The van der Waals surface area contributed by atoms with Crippen molar-refractivity contribution in [2.75, 3.05) is 26.5 Å². The van der Waals surface area contributed by atoms with Gasteiger partial charge in [0.1, 0.15) is 0 Å². The van der Waals surface area contributed by atoms with E-state index in [0.29, 0.717) is 19.6 Å². The summed E-state index contributed by atoms with van der Waals surface area (Å²) in [6, 6.07) is 0. The number of ether oxygens (including phenoxy) is 1. The zero-order valence-electron chi connectivity index (χ0n) is 6.95. The average Bonchev–Trinajstić information content (AvgIpc) is 1.85. The second kappa shape index (κ2) is 5.72. The third-order valence-electron chi connectivity index (χ3n) is 0.968. The largest absolute Gasteiger partial charge is 0.382 e. The first-order chi connectivity index (χ1) is 5.06. The molecule has 0 aliphatic rings.